The molecule has 0 spiro atoms. The first kappa shape index (κ1) is 32.4. The zero-order valence-electron chi connectivity index (χ0n) is 27.4. The number of azo groups is 1. The second-order valence-electron chi connectivity index (χ2n) is 11.4. The van der Waals surface area contributed by atoms with E-state index in [4.69, 9.17) is 9.47 Å². The number of carbonyl (C=O) groups is 1. The lowest BCUT2D eigenvalue weighted by Crippen LogP contribution is -2.14. The van der Waals surface area contributed by atoms with Gasteiger partial charge in [-0.2, -0.15) is 10.2 Å². The molecule has 7 aromatic carbocycles. The van der Waals surface area contributed by atoms with E-state index in [1.165, 1.54) is 0 Å². The summed E-state index contributed by atoms with van der Waals surface area (Å²) in [6, 6.07) is 56.8. The molecule has 0 saturated carbocycles. The van der Waals surface area contributed by atoms with Gasteiger partial charge in [0.05, 0.1) is 11.4 Å². The number of hydrogen-bond donors (Lipinski definition) is 3. The molecule has 51 heavy (non-hydrogen) atoms. The lowest BCUT2D eigenvalue weighted by Gasteiger charge is -2.17. The maximum absolute atomic E-state index is 14.0. The normalized spacial score (nSPS) is 10.7. The molecule has 0 heterocycles. The Morgan fingerprint density at radius 1 is 0.392 bits per heavy atom. The largest absolute Gasteiger partial charge is 0.456 e. The van der Waals surface area contributed by atoms with Crippen LogP contribution in [-0.4, -0.2) is 5.91 Å². The number of hydrogen-bond acceptors (Lipinski definition) is 7. The molecule has 0 atom stereocenters. The molecule has 248 valence electrons. The van der Waals surface area contributed by atoms with Crippen LogP contribution in [0.3, 0.4) is 0 Å². The van der Waals surface area contributed by atoms with E-state index in [2.05, 4.69) is 26.2 Å². The molecular formula is C43H33N5O3. The minimum Gasteiger partial charge on any atom is -0.456 e. The number of benzene rings is 7. The third kappa shape index (κ3) is 8.84. The number of rotatable bonds is 12. The molecule has 0 saturated heterocycles. The molecule has 1 amide bonds. The van der Waals surface area contributed by atoms with Crippen molar-refractivity contribution in [3.05, 3.63) is 188 Å². The average Bonchev–Trinajstić information content (AvgIpc) is 3.17. The van der Waals surface area contributed by atoms with Crippen molar-refractivity contribution in [1.82, 2.24) is 0 Å². The van der Waals surface area contributed by atoms with Crippen LogP contribution >= 0.6 is 0 Å². The van der Waals surface area contributed by atoms with Gasteiger partial charge in [0.25, 0.3) is 5.91 Å². The maximum Gasteiger partial charge on any atom is 0.263 e. The van der Waals surface area contributed by atoms with E-state index in [9.17, 15) is 4.79 Å². The number of anilines is 5. The topological polar surface area (TPSA) is 96.3 Å². The highest BCUT2D eigenvalue weighted by Crippen LogP contribution is 2.36. The highest BCUT2D eigenvalue weighted by Gasteiger charge is 2.21. The van der Waals surface area contributed by atoms with Crippen molar-refractivity contribution < 1.29 is 14.3 Å². The Morgan fingerprint density at radius 3 is 1.25 bits per heavy atom. The van der Waals surface area contributed by atoms with Crippen LogP contribution in [0.4, 0.5) is 39.8 Å². The minimum atomic E-state index is -0.399. The number of ether oxygens (including phenoxy) is 2. The van der Waals surface area contributed by atoms with Gasteiger partial charge in [-0.1, -0.05) is 60.7 Å². The fourth-order valence-electron chi connectivity index (χ4n) is 5.16. The summed E-state index contributed by atoms with van der Waals surface area (Å²) < 4.78 is 12.6. The van der Waals surface area contributed by atoms with Crippen LogP contribution < -0.4 is 25.4 Å². The number of amides is 1. The lowest BCUT2D eigenvalue weighted by atomic mass is 10.1. The van der Waals surface area contributed by atoms with E-state index in [0.29, 0.717) is 34.4 Å². The Labute approximate surface area is 296 Å². The summed E-state index contributed by atoms with van der Waals surface area (Å²) in [5, 5.41) is 18.3. The van der Waals surface area contributed by atoms with Gasteiger partial charge in [-0.3, -0.25) is 4.79 Å². The predicted octanol–water partition coefficient (Wildman–Crippen LogP) is 12.4. The summed E-state index contributed by atoms with van der Waals surface area (Å²) in [4.78, 5) is 14.0. The Hall–Kier alpha value is -7.19. The van der Waals surface area contributed by atoms with Gasteiger partial charge < -0.3 is 25.4 Å². The van der Waals surface area contributed by atoms with E-state index < -0.39 is 5.91 Å². The SMILES string of the molecule is O=C(Nc1ccc(N=Nc2ccccc2)cc1)c1c(Oc2ccc(Nc3ccccc3)cc2)cccc1Oc1ccc(Nc2ccccc2)cc1. The first-order valence-electron chi connectivity index (χ1n) is 16.4. The maximum atomic E-state index is 14.0. The van der Waals surface area contributed by atoms with E-state index >= 15 is 0 Å². The molecule has 0 aromatic heterocycles. The van der Waals surface area contributed by atoms with Crippen molar-refractivity contribution in [2.75, 3.05) is 16.0 Å². The minimum absolute atomic E-state index is 0.239. The third-order valence-corrected chi connectivity index (χ3v) is 7.67. The van der Waals surface area contributed by atoms with Crippen LogP contribution in [0.15, 0.2) is 192 Å². The molecule has 0 radical (unpaired) electrons. The number of para-hydroxylation sites is 2. The number of nitrogens with one attached hydrogen (secondary N) is 3. The quantitative estimate of drug-likeness (QED) is 0.113. The fourth-order valence-corrected chi connectivity index (χ4v) is 5.16. The molecule has 8 heteroatoms. The van der Waals surface area contributed by atoms with Gasteiger partial charge in [0, 0.05) is 28.4 Å². The average molecular weight is 668 g/mol. The molecule has 0 unspecified atom stereocenters. The Balaban J connectivity index is 1.12. The Kier molecular flexibility index (Phi) is 10.0. The molecule has 0 aliphatic rings. The standard InChI is InChI=1S/C43H33N5O3/c49-43(46-35-19-21-37(22-20-35)48-47-36-15-8-3-9-16-36)42-40(50-38-27-23-33(24-28-38)44-31-11-4-1-5-12-31)17-10-18-41(42)51-39-29-25-34(26-30-39)45-32-13-6-2-7-14-32/h1-30,44-45H,(H,46,49). The summed E-state index contributed by atoms with van der Waals surface area (Å²) in [6.45, 7) is 0. The van der Waals surface area contributed by atoms with Crippen LogP contribution in [0.1, 0.15) is 10.4 Å². The monoisotopic (exact) mass is 667 g/mol. The second kappa shape index (κ2) is 15.8. The van der Waals surface area contributed by atoms with Crippen molar-refractivity contribution in [3.8, 4) is 23.0 Å². The van der Waals surface area contributed by atoms with Crippen LogP contribution in [0.5, 0.6) is 23.0 Å². The molecule has 8 nitrogen and oxygen atoms in total. The van der Waals surface area contributed by atoms with Gasteiger partial charge in [-0.25, -0.2) is 0 Å². The van der Waals surface area contributed by atoms with Gasteiger partial charge in [0.1, 0.15) is 28.6 Å². The third-order valence-electron chi connectivity index (χ3n) is 7.67. The number of nitrogens with zero attached hydrogens (tertiary/aromatic N) is 2. The van der Waals surface area contributed by atoms with E-state index in [1.807, 2.05) is 140 Å². The summed E-state index contributed by atoms with van der Waals surface area (Å²) in [7, 11) is 0. The molecule has 0 aliphatic carbocycles. The summed E-state index contributed by atoms with van der Waals surface area (Å²) in [5.74, 6) is 1.39. The van der Waals surface area contributed by atoms with Gasteiger partial charge in [-0.15, -0.1) is 0 Å². The summed E-state index contributed by atoms with van der Waals surface area (Å²) >= 11 is 0. The van der Waals surface area contributed by atoms with Crippen molar-refractivity contribution in [2.24, 2.45) is 10.2 Å². The van der Waals surface area contributed by atoms with Crippen LogP contribution in [0.25, 0.3) is 0 Å². The molecule has 7 aromatic rings. The number of carbonyl (C=O) groups excluding carboxylic acids is 1. The summed E-state index contributed by atoms with van der Waals surface area (Å²) in [6.07, 6.45) is 0. The van der Waals surface area contributed by atoms with Crippen molar-refractivity contribution >= 4 is 45.7 Å². The van der Waals surface area contributed by atoms with Gasteiger partial charge in [0.15, 0.2) is 0 Å². The Morgan fingerprint density at radius 2 is 0.784 bits per heavy atom. The molecule has 3 N–H and O–H groups in total. The van der Waals surface area contributed by atoms with Crippen molar-refractivity contribution in [1.29, 1.82) is 0 Å². The first-order valence-corrected chi connectivity index (χ1v) is 16.4. The van der Waals surface area contributed by atoms with E-state index in [0.717, 1.165) is 28.4 Å². The molecule has 0 bridgehead atoms. The molecular weight excluding hydrogens is 635 g/mol. The molecule has 0 fully saturated rings. The van der Waals surface area contributed by atoms with Gasteiger partial charge >= 0.3 is 0 Å². The van der Waals surface area contributed by atoms with E-state index in [-0.39, 0.29) is 5.56 Å². The first-order chi connectivity index (χ1) is 25.1. The van der Waals surface area contributed by atoms with Gasteiger partial charge in [0.2, 0.25) is 0 Å². The highest BCUT2D eigenvalue weighted by atomic mass is 16.5. The fraction of sp³-hybridized carbons (Fsp3) is 0. The van der Waals surface area contributed by atoms with E-state index in [1.54, 1.807) is 42.5 Å². The smallest absolute Gasteiger partial charge is 0.263 e. The van der Waals surface area contributed by atoms with Crippen molar-refractivity contribution in [3.63, 3.8) is 0 Å². The lowest BCUT2D eigenvalue weighted by molar-refractivity contribution is 0.102. The zero-order chi connectivity index (χ0) is 34.7. The van der Waals surface area contributed by atoms with Crippen LogP contribution in [0.2, 0.25) is 0 Å². The van der Waals surface area contributed by atoms with Crippen LogP contribution in [0, 0.1) is 0 Å². The highest BCUT2D eigenvalue weighted by molar-refractivity contribution is 6.08. The van der Waals surface area contributed by atoms with Crippen molar-refractivity contribution in [2.45, 2.75) is 0 Å². The predicted molar refractivity (Wildman–Crippen MR) is 204 cm³/mol. The van der Waals surface area contributed by atoms with Gasteiger partial charge in [-0.05, 0) is 121 Å². The Bertz CT molecular complexity index is 2110. The summed E-state index contributed by atoms with van der Waals surface area (Å²) in [5.41, 5.74) is 5.98. The zero-order valence-corrected chi connectivity index (χ0v) is 27.4. The van der Waals surface area contributed by atoms with Crippen LogP contribution in [-0.2, 0) is 0 Å². The second-order valence-corrected chi connectivity index (χ2v) is 11.4. The molecule has 7 rings (SSSR count). The molecule has 0 aliphatic heterocycles.